The van der Waals surface area contributed by atoms with Crippen LogP contribution >= 0.6 is 24.0 Å². The number of likely N-dealkylation sites (N-methyl/N-ethyl adjacent to an activating group) is 1. The van der Waals surface area contributed by atoms with Crippen molar-refractivity contribution < 1.29 is 0 Å². The molecule has 0 amide bonds. The Morgan fingerprint density at radius 3 is 2.26 bits per heavy atom. The molecule has 0 bridgehead atoms. The minimum Gasteiger partial charge on any atom is -0.355 e. The number of benzene rings is 1. The van der Waals surface area contributed by atoms with Crippen molar-refractivity contribution in [1.29, 1.82) is 0 Å². The largest absolute Gasteiger partial charge is 0.355 e. The van der Waals surface area contributed by atoms with E-state index >= 15 is 0 Å². The quantitative estimate of drug-likeness (QED) is 0.395. The molecule has 1 rings (SSSR count). The standard InChI is InChI=1S/C18H32N4.HI/c1-14(2)16(4)21-18(19-5)20-12-15(3)22(6)13-17-10-8-7-9-11-17;/h7-11,14-16H,12-13H2,1-6H3,(H2,19,20,21);1H. The maximum atomic E-state index is 4.30. The van der Waals surface area contributed by atoms with Crippen LogP contribution in [-0.2, 0) is 6.54 Å². The average molecular weight is 432 g/mol. The van der Waals surface area contributed by atoms with Crippen LogP contribution in [0.3, 0.4) is 0 Å². The Morgan fingerprint density at radius 1 is 1.13 bits per heavy atom. The van der Waals surface area contributed by atoms with Crippen molar-refractivity contribution in [2.45, 2.75) is 46.3 Å². The molecule has 5 heteroatoms. The van der Waals surface area contributed by atoms with Crippen molar-refractivity contribution in [3.63, 3.8) is 0 Å². The third kappa shape index (κ3) is 8.55. The third-order valence-corrected chi connectivity index (χ3v) is 4.18. The number of hydrogen-bond donors (Lipinski definition) is 2. The number of nitrogens with one attached hydrogen (secondary N) is 2. The van der Waals surface area contributed by atoms with Gasteiger partial charge in [-0.15, -0.1) is 24.0 Å². The predicted octanol–water partition coefficient (Wildman–Crippen LogP) is 3.33. The summed E-state index contributed by atoms with van der Waals surface area (Å²) in [7, 11) is 3.98. The fourth-order valence-corrected chi connectivity index (χ4v) is 2.00. The average Bonchev–Trinajstić information content (AvgIpc) is 2.51. The summed E-state index contributed by atoms with van der Waals surface area (Å²) in [5.74, 6) is 1.46. The molecule has 0 saturated heterocycles. The number of guanidine groups is 1. The molecule has 1 aromatic rings. The van der Waals surface area contributed by atoms with Gasteiger partial charge in [0.05, 0.1) is 0 Å². The third-order valence-electron chi connectivity index (χ3n) is 4.18. The Bertz CT molecular complexity index is 448. The van der Waals surface area contributed by atoms with Gasteiger partial charge in [-0.1, -0.05) is 44.2 Å². The molecule has 0 aliphatic heterocycles. The van der Waals surface area contributed by atoms with E-state index in [9.17, 15) is 0 Å². The Hall–Kier alpha value is -0.820. The van der Waals surface area contributed by atoms with Crippen molar-refractivity contribution in [2.75, 3.05) is 20.6 Å². The minimum atomic E-state index is 0. The zero-order valence-corrected chi connectivity index (χ0v) is 17.7. The lowest BCUT2D eigenvalue weighted by Crippen LogP contribution is -2.48. The number of halogens is 1. The Labute approximate surface area is 159 Å². The van der Waals surface area contributed by atoms with Gasteiger partial charge in [-0.25, -0.2) is 0 Å². The Kier molecular flexibility index (Phi) is 11.3. The highest BCUT2D eigenvalue weighted by molar-refractivity contribution is 14.0. The summed E-state index contributed by atoms with van der Waals surface area (Å²) < 4.78 is 0. The van der Waals surface area contributed by atoms with E-state index in [1.165, 1.54) is 5.56 Å². The van der Waals surface area contributed by atoms with Gasteiger partial charge >= 0.3 is 0 Å². The Morgan fingerprint density at radius 2 is 1.74 bits per heavy atom. The van der Waals surface area contributed by atoms with Crippen molar-refractivity contribution in [2.24, 2.45) is 10.9 Å². The highest BCUT2D eigenvalue weighted by atomic mass is 127. The summed E-state index contributed by atoms with van der Waals surface area (Å²) >= 11 is 0. The maximum Gasteiger partial charge on any atom is 0.191 e. The predicted molar refractivity (Wildman–Crippen MR) is 112 cm³/mol. The second kappa shape index (κ2) is 11.7. The number of hydrogen-bond acceptors (Lipinski definition) is 2. The molecule has 0 saturated carbocycles. The van der Waals surface area contributed by atoms with Crippen molar-refractivity contribution in [1.82, 2.24) is 15.5 Å². The normalized spacial score (nSPS) is 14.3. The van der Waals surface area contributed by atoms with Gasteiger partial charge in [0.2, 0.25) is 0 Å². The van der Waals surface area contributed by atoms with Crippen LogP contribution < -0.4 is 10.6 Å². The highest BCUT2D eigenvalue weighted by Crippen LogP contribution is 2.05. The van der Waals surface area contributed by atoms with Crippen LogP contribution in [0.2, 0.25) is 0 Å². The molecule has 0 aliphatic carbocycles. The van der Waals surface area contributed by atoms with Gasteiger partial charge in [0.25, 0.3) is 0 Å². The summed E-state index contributed by atoms with van der Waals surface area (Å²) in [6.07, 6.45) is 0. The zero-order valence-electron chi connectivity index (χ0n) is 15.3. The summed E-state index contributed by atoms with van der Waals surface area (Å²) in [5.41, 5.74) is 1.34. The van der Waals surface area contributed by atoms with E-state index in [2.05, 4.69) is 85.6 Å². The van der Waals surface area contributed by atoms with Gasteiger partial charge in [0.1, 0.15) is 0 Å². The van der Waals surface area contributed by atoms with E-state index in [1.54, 1.807) is 0 Å². The van der Waals surface area contributed by atoms with E-state index in [0.717, 1.165) is 19.0 Å². The smallest absolute Gasteiger partial charge is 0.191 e. The molecule has 132 valence electrons. The second-order valence-electron chi connectivity index (χ2n) is 6.38. The van der Waals surface area contributed by atoms with Gasteiger partial charge < -0.3 is 10.6 Å². The van der Waals surface area contributed by atoms with Crippen LogP contribution in [0.15, 0.2) is 35.3 Å². The van der Waals surface area contributed by atoms with Gasteiger partial charge in [-0.3, -0.25) is 9.89 Å². The van der Waals surface area contributed by atoms with Crippen LogP contribution in [0.1, 0.15) is 33.3 Å². The molecule has 4 nitrogen and oxygen atoms in total. The first-order chi connectivity index (χ1) is 10.4. The summed E-state index contributed by atoms with van der Waals surface area (Å²) in [5, 5.41) is 6.85. The molecule has 0 aliphatic rings. The van der Waals surface area contributed by atoms with Crippen LogP contribution in [0.5, 0.6) is 0 Å². The molecule has 0 spiro atoms. The lowest BCUT2D eigenvalue weighted by molar-refractivity contribution is 0.249. The van der Waals surface area contributed by atoms with Gasteiger partial charge in [0, 0.05) is 32.2 Å². The minimum absolute atomic E-state index is 0. The summed E-state index contributed by atoms with van der Waals surface area (Å²) in [6.45, 7) is 10.7. The molecule has 2 unspecified atom stereocenters. The first-order valence-electron chi connectivity index (χ1n) is 8.15. The second-order valence-corrected chi connectivity index (χ2v) is 6.38. The molecule has 0 radical (unpaired) electrons. The molecule has 23 heavy (non-hydrogen) atoms. The Balaban J connectivity index is 0.00000484. The molecular weight excluding hydrogens is 399 g/mol. The molecule has 0 fully saturated rings. The van der Waals surface area contributed by atoms with Crippen LogP contribution in [0.25, 0.3) is 0 Å². The monoisotopic (exact) mass is 432 g/mol. The van der Waals surface area contributed by atoms with Gasteiger partial charge in [0.15, 0.2) is 5.96 Å². The van der Waals surface area contributed by atoms with Crippen LogP contribution in [0, 0.1) is 5.92 Å². The first kappa shape index (κ1) is 22.2. The van der Waals surface area contributed by atoms with E-state index in [-0.39, 0.29) is 24.0 Å². The maximum absolute atomic E-state index is 4.30. The van der Waals surface area contributed by atoms with Crippen molar-refractivity contribution >= 4 is 29.9 Å². The van der Waals surface area contributed by atoms with E-state index in [4.69, 9.17) is 0 Å². The topological polar surface area (TPSA) is 39.7 Å². The molecule has 1 aromatic carbocycles. The molecule has 0 heterocycles. The van der Waals surface area contributed by atoms with Crippen LogP contribution in [-0.4, -0.2) is 43.6 Å². The SMILES string of the molecule is CN=C(NCC(C)N(C)Cc1ccccc1)NC(C)C(C)C.I. The number of nitrogens with zero attached hydrogens (tertiary/aromatic N) is 2. The van der Waals surface area contributed by atoms with E-state index in [0.29, 0.717) is 18.0 Å². The van der Waals surface area contributed by atoms with Crippen molar-refractivity contribution in [3.8, 4) is 0 Å². The number of aliphatic imine (C=N–C) groups is 1. The molecule has 2 N–H and O–H groups in total. The zero-order chi connectivity index (χ0) is 16.5. The molecular formula is C18H33IN4. The van der Waals surface area contributed by atoms with E-state index < -0.39 is 0 Å². The fraction of sp³-hybridized carbons (Fsp3) is 0.611. The van der Waals surface area contributed by atoms with Gasteiger partial charge in [-0.05, 0) is 32.4 Å². The van der Waals surface area contributed by atoms with Crippen molar-refractivity contribution in [3.05, 3.63) is 35.9 Å². The van der Waals surface area contributed by atoms with E-state index in [1.807, 2.05) is 7.05 Å². The lowest BCUT2D eigenvalue weighted by atomic mass is 10.1. The fourth-order valence-electron chi connectivity index (χ4n) is 2.00. The summed E-state index contributed by atoms with van der Waals surface area (Å²) in [6, 6.07) is 11.4. The van der Waals surface area contributed by atoms with Gasteiger partial charge in [-0.2, -0.15) is 0 Å². The highest BCUT2D eigenvalue weighted by Gasteiger charge is 2.12. The van der Waals surface area contributed by atoms with Crippen LogP contribution in [0.4, 0.5) is 0 Å². The first-order valence-corrected chi connectivity index (χ1v) is 8.15. The molecule has 0 aromatic heterocycles. The number of rotatable bonds is 7. The summed E-state index contributed by atoms with van der Waals surface area (Å²) in [4.78, 5) is 6.65. The lowest BCUT2D eigenvalue weighted by Gasteiger charge is -2.27. The molecule has 2 atom stereocenters.